The number of aliphatic hydroxyl groups excluding tert-OH is 1. The van der Waals surface area contributed by atoms with E-state index in [1.54, 1.807) is 0 Å². The molecule has 10 heteroatoms. The number of rotatable bonds is 5. The van der Waals surface area contributed by atoms with Crippen LogP contribution in [0.15, 0.2) is 77.7 Å². The summed E-state index contributed by atoms with van der Waals surface area (Å²) in [5.74, 6) is 1.29. The van der Waals surface area contributed by atoms with Crippen molar-refractivity contribution in [2.75, 3.05) is 4.90 Å². The van der Waals surface area contributed by atoms with Crippen LogP contribution in [0, 0.1) is 0 Å². The summed E-state index contributed by atoms with van der Waals surface area (Å²) in [6.45, 7) is 0. The van der Waals surface area contributed by atoms with Crippen LogP contribution in [0.1, 0.15) is 24.8 Å². The minimum atomic E-state index is -4.38. The maximum atomic E-state index is 13.0. The van der Waals surface area contributed by atoms with Gasteiger partial charge in [-0.3, -0.25) is 0 Å². The normalized spacial score (nSPS) is 21.9. The fourth-order valence-corrected chi connectivity index (χ4v) is 6.23. The molecule has 2 aliphatic rings. The van der Waals surface area contributed by atoms with Gasteiger partial charge in [0.25, 0.3) is 0 Å². The third kappa shape index (κ3) is 4.93. The van der Waals surface area contributed by atoms with Gasteiger partial charge >= 0.3 is 6.18 Å². The van der Waals surface area contributed by atoms with Crippen molar-refractivity contribution in [1.29, 1.82) is 0 Å². The third-order valence-corrected chi connectivity index (χ3v) is 8.07. The first kappa shape index (κ1) is 24.6. The zero-order valence-corrected chi connectivity index (χ0v) is 20.0. The molecule has 0 amide bonds. The van der Waals surface area contributed by atoms with Crippen molar-refractivity contribution in [3.05, 3.63) is 78.4 Å². The van der Waals surface area contributed by atoms with E-state index in [0.29, 0.717) is 30.8 Å². The van der Waals surface area contributed by atoms with Crippen molar-refractivity contribution in [2.24, 2.45) is 0 Å². The molecule has 1 heterocycles. The highest BCUT2D eigenvalue weighted by atomic mass is 32.2. The minimum absolute atomic E-state index is 0.0242. The molecule has 1 aliphatic heterocycles. The highest BCUT2D eigenvalue weighted by Crippen LogP contribution is 2.49. The van der Waals surface area contributed by atoms with Crippen LogP contribution in [-0.2, 0) is 16.4 Å². The summed E-state index contributed by atoms with van der Waals surface area (Å²) in [7, 11) is -4.06. The summed E-state index contributed by atoms with van der Waals surface area (Å²) >= 11 is 0. The van der Waals surface area contributed by atoms with Gasteiger partial charge in [-0.05, 0) is 61.2 Å². The molecule has 0 saturated heterocycles. The number of nitrogens with zero attached hydrogens (tertiary/aromatic N) is 1. The van der Waals surface area contributed by atoms with Gasteiger partial charge in [-0.1, -0.05) is 36.4 Å². The number of ether oxygens (including phenoxy) is 1. The first-order chi connectivity index (χ1) is 17.1. The van der Waals surface area contributed by atoms with Crippen LogP contribution in [0.4, 0.5) is 24.5 Å². The quantitative estimate of drug-likeness (QED) is 0.480. The van der Waals surface area contributed by atoms with Crippen molar-refractivity contribution < 1.29 is 31.4 Å². The van der Waals surface area contributed by atoms with Gasteiger partial charge in [0.15, 0.2) is 11.5 Å². The fourth-order valence-electron chi connectivity index (χ4n) is 4.94. The topological polar surface area (TPSA) is 78.9 Å². The van der Waals surface area contributed by atoms with Crippen molar-refractivity contribution in [3.8, 4) is 11.5 Å². The molecule has 5 rings (SSSR count). The predicted octanol–water partition coefficient (Wildman–Crippen LogP) is 5.30. The Balaban J connectivity index is 1.39. The van der Waals surface area contributed by atoms with Crippen LogP contribution in [0.2, 0.25) is 0 Å². The van der Waals surface area contributed by atoms with E-state index in [9.17, 15) is 26.7 Å². The average Bonchev–Trinajstić information content (AvgIpc) is 2.83. The number of halogens is 3. The number of nitrogens with one attached hydrogen (secondary N) is 1. The van der Waals surface area contributed by atoms with E-state index in [-0.39, 0.29) is 10.5 Å². The summed E-state index contributed by atoms with van der Waals surface area (Å²) in [5, 5.41) is 11.4. The van der Waals surface area contributed by atoms with Crippen LogP contribution in [0.5, 0.6) is 11.5 Å². The van der Waals surface area contributed by atoms with Crippen molar-refractivity contribution in [1.82, 2.24) is 4.72 Å². The Kier molecular flexibility index (Phi) is 6.44. The van der Waals surface area contributed by atoms with Gasteiger partial charge in [-0.15, -0.1) is 0 Å². The number of alkyl halides is 3. The van der Waals surface area contributed by atoms with Gasteiger partial charge in [0.1, 0.15) is 0 Å². The molecule has 1 fully saturated rings. The molecule has 0 radical (unpaired) electrons. The number of aliphatic hydroxyl groups is 1. The molecule has 190 valence electrons. The van der Waals surface area contributed by atoms with Gasteiger partial charge in [-0.2, -0.15) is 13.2 Å². The lowest BCUT2D eigenvalue weighted by Gasteiger charge is -2.44. The molecular formula is C26H25F3N2O4S. The van der Waals surface area contributed by atoms with E-state index in [4.69, 9.17) is 4.74 Å². The van der Waals surface area contributed by atoms with Gasteiger partial charge in [0, 0.05) is 0 Å². The molecule has 3 aromatic carbocycles. The van der Waals surface area contributed by atoms with Crippen molar-refractivity contribution in [2.45, 2.75) is 54.9 Å². The minimum Gasteiger partial charge on any atom is -0.453 e. The average molecular weight is 519 g/mol. The number of anilines is 2. The van der Waals surface area contributed by atoms with E-state index < -0.39 is 40.8 Å². The van der Waals surface area contributed by atoms with E-state index in [2.05, 4.69) is 4.72 Å². The number of para-hydroxylation sites is 4. The molecule has 36 heavy (non-hydrogen) atoms. The molecular weight excluding hydrogens is 493 g/mol. The molecule has 0 aromatic heterocycles. The molecule has 3 atom stereocenters. The molecule has 2 N–H and O–H groups in total. The van der Waals surface area contributed by atoms with Crippen LogP contribution >= 0.6 is 0 Å². The second-order valence-corrected chi connectivity index (χ2v) is 10.8. The lowest BCUT2D eigenvalue weighted by atomic mass is 9.86. The maximum Gasteiger partial charge on any atom is 0.393 e. The zero-order chi connectivity index (χ0) is 25.5. The highest BCUT2D eigenvalue weighted by molar-refractivity contribution is 7.89. The van der Waals surface area contributed by atoms with Crippen molar-refractivity contribution in [3.63, 3.8) is 0 Å². The Hall–Kier alpha value is -3.08. The molecule has 3 aromatic rings. The Labute approximate surface area is 207 Å². The van der Waals surface area contributed by atoms with Crippen LogP contribution in [-0.4, -0.2) is 37.9 Å². The molecule has 0 spiro atoms. The second kappa shape index (κ2) is 9.42. The Bertz CT molecular complexity index is 1300. The predicted molar refractivity (Wildman–Crippen MR) is 129 cm³/mol. The SMILES string of the molecule is O=S(=O)(N[C@@H]1CCCC(N2c3ccccc3Oc3ccccc32)[C@H]1O)c1ccc(CC(F)(F)F)cc1. The monoisotopic (exact) mass is 518 g/mol. The van der Waals surface area contributed by atoms with Crippen LogP contribution in [0.3, 0.4) is 0 Å². The van der Waals surface area contributed by atoms with Gasteiger partial charge in [0.2, 0.25) is 10.0 Å². The Morgan fingerprint density at radius 3 is 2.08 bits per heavy atom. The van der Waals surface area contributed by atoms with E-state index in [1.165, 1.54) is 0 Å². The number of hydrogen-bond acceptors (Lipinski definition) is 5. The maximum absolute atomic E-state index is 13.0. The van der Waals surface area contributed by atoms with Crippen LogP contribution < -0.4 is 14.4 Å². The van der Waals surface area contributed by atoms with E-state index >= 15 is 0 Å². The fraction of sp³-hybridized carbons (Fsp3) is 0.308. The Morgan fingerprint density at radius 2 is 1.50 bits per heavy atom. The number of benzene rings is 3. The standard InChI is InChI=1S/C26H25F3N2O4S/c27-26(28,29)16-17-12-14-18(15-13-17)36(33,34)30-19-6-5-9-22(25(19)32)31-20-7-1-3-10-23(20)35-24-11-4-2-8-21(24)31/h1-4,7-8,10-15,19,22,25,30,32H,5-6,9,16H2/t19-,22?,25+/m1/s1. The largest absolute Gasteiger partial charge is 0.453 e. The molecule has 0 bridgehead atoms. The van der Waals surface area contributed by atoms with E-state index in [1.807, 2.05) is 53.4 Å². The van der Waals surface area contributed by atoms with Gasteiger partial charge < -0.3 is 14.7 Å². The first-order valence-corrected chi connectivity index (χ1v) is 13.1. The van der Waals surface area contributed by atoms with E-state index in [0.717, 1.165) is 35.6 Å². The number of hydrogen-bond donors (Lipinski definition) is 2. The summed E-state index contributed by atoms with van der Waals surface area (Å²) < 4.78 is 72.6. The molecule has 6 nitrogen and oxygen atoms in total. The highest BCUT2D eigenvalue weighted by Gasteiger charge is 2.41. The third-order valence-electron chi connectivity index (χ3n) is 6.57. The second-order valence-electron chi connectivity index (χ2n) is 9.06. The lowest BCUT2D eigenvalue weighted by molar-refractivity contribution is -0.127. The Morgan fingerprint density at radius 1 is 0.917 bits per heavy atom. The first-order valence-electron chi connectivity index (χ1n) is 11.6. The molecule has 1 unspecified atom stereocenters. The van der Waals surface area contributed by atoms with Crippen LogP contribution in [0.25, 0.3) is 0 Å². The number of sulfonamides is 1. The number of fused-ring (bicyclic) bond motifs is 2. The molecule has 1 aliphatic carbocycles. The smallest absolute Gasteiger partial charge is 0.393 e. The van der Waals surface area contributed by atoms with Gasteiger partial charge in [-0.25, -0.2) is 13.1 Å². The van der Waals surface area contributed by atoms with Crippen molar-refractivity contribution >= 4 is 21.4 Å². The summed E-state index contributed by atoms with van der Waals surface area (Å²) in [5.41, 5.74) is 1.54. The van der Waals surface area contributed by atoms with Gasteiger partial charge in [0.05, 0.1) is 40.9 Å². The zero-order valence-electron chi connectivity index (χ0n) is 19.1. The summed E-state index contributed by atoms with van der Waals surface area (Å²) in [6, 6.07) is 18.4. The molecule has 1 saturated carbocycles. The summed E-state index contributed by atoms with van der Waals surface area (Å²) in [4.78, 5) is 1.86. The lowest BCUT2D eigenvalue weighted by Crippen LogP contribution is -2.56. The summed E-state index contributed by atoms with van der Waals surface area (Å²) in [6.07, 6.45) is -4.83.